The van der Waals surface area contributed by atoms with E-state index in [4.69, 9.17) is 9.72 Å². The highest BCUT2D eigenvalue weighted by atomic mass is 16.5. The molecule has 3 nitrogen and oxygen atoms in total. The van der Waals surface area contributed by atoms with Crippen molar-refractivity contribution in [3.63, 3.8) is 0 Å². The lowest BCUT2D eigenvalue weighted by Gasteiger charge is -2.12. The molecule has 0 fully saturated rings. The first-order chi connectivity index (χ1) is 13.2. The number of hydrogen-bond acceptors (Lipinski definition) is 2. The minimum absolute atomic E-state index is 0.466. The molecule has 0 bridgehead atoms. The van der Waals surface area contributed by atoms with Crippen LogP contribution in [0.2, 0.25) is 0 Å². The zero-order valence-electron chi connectivity index (χ0n) is 15.9. The molecule has 3 aromatic carbocycles. The van der Waals surface area contributed by atoms with Crippen molar-refractivity contribution in [1.82, 2.24) is 9.55 Å². The minimum Gasteiger partial charge on any atom is -0.485 e. The minimum atomic E-state index is 0.466. The molecule has 0 aliphatic carbocycles. The van der Waals surface area contributed by atoms with E-state index in [2.05, 4.69) is 85.1 Å². The Balaban J connectivity index is 1.60. The first-order valence-corrected chi connectivity index (χ1v) is 9.39. The third-order valence-electron chi connectivity index (χ3n) is 4.90. The Kier molecular flexibility index (Phi) is 4.93. The fraction of sp³-hybridized carbons (Fsp3) is 0.208. The summed E-state index contributed by atoms with van der Waals surface area (Å²) in [4.78, 5) is 4.83. The highest BCUT2D eigenvalue weighted by Gasteiger charge is 2.12. The van der Waals surface area contributed by atoms with Crippen LogP contribution in [0, 0.1) is 13.8 Å². The maximum absolute atomic E-state index is 6.14. The van der Waals surface area contributed by atoms with Crippen LogP contribution in [0.25, 0.3) is 11.0 Å². The normalized spacial score (nSPS) is 11.0. The SMILES string of the molecule is Cc1ccc(C)c(OCc2nc3ccccc3n2CCc2ccccc2)c1. The maximum Gasteiger partial charge on any atom is 0.148 e. The predicted molar refractivity (Wildman–Crippen MR) is 110 cm³/mol. The average Bonchev–Trinajstić information content (AvgIpc) is 3.05. The molecule has 136 valence electrons. The van der Waals surface area contributed by atoms with E-state index in [9.17, 15) is 0 Å². The van der Waals surface area contributed by atoms with Gasteiger partial charge in [-0.25, -0.2) is 4.98 Å². The predicted octanol–water partition coefficient (Wildman–Crippen LogP) is 5.47. The number of benzene rings is 3. The van der Waals surface area contributed by atoms with Crippen LogP contribution < -0.4 is 4.74 Å². The van der Waals surface area contributed by atoms with Gasteiger partial charge in [-0.1, -0.05) is 54.6 Å². The number of hydrogen-bond donors (Lipinski definition) is 0. The van der Waals surface area contributed by atoms with Crippen molar-refractivity contribution in [1.29, 1.82) is 0 Å². The molecule has 3 heteroatoms. The van der Waals surface area contributed by atoms with Crippen molar-refractivity contribution < 1.29 is 4.74 Å². The van der Waals surface area contributed by atoms with Crippen LogP contribution in [0.3, 0.4) is 0 Å². The van der Waals surface area contributed by atoms with Gasteiger partial charge >= 0.3 is 0 Å². The van der Waals surface area contributed by atoms with Gasteiger partial charge in [-0.05, 0) is 55.2 Å². The summed E-state index contributed by atoms with van der Waals surface area (Å²) < 4.78 is 8.43. The van der Waals surface area contributed by atoms with Gasteiger partial charge in [0.1, 0.15) is 18.2 Å². The van der Waals surface area contributed by atoms with Crippen molar-refractivity contribution in [2.75, 3.05) is 0 Å². The highest BCUT2D eigenvalue weighted by Crippen LogP contribution is 2.22. The number of rotatable bonds is 6. The van der Waals surface area contributed by atoms with Crippen LogP contribution in [0.4, 0.5) is 0 Å². The quantitative estimate of drug-likeness (QED) is 0.458. The van der Waals surface area contributed by atoms with Crippen LogP contribution in [0.1, 0.15) is 22.5 Å². The summed E-state index contributed by atoms with van der Waals surface area (Å²) >= 11 is 0. The molecule has 0 saturated heterocycles. The van der Waals surface area contributed by atoms with Crippen LogP contribution in [0.15, 0.2) is 72.8 Å². The van der Waals surface area contributed by atoms with E-state index in [-0.39, 0.29) is 0 Å². The van der Waals surface area contributed by atoms with E-state index in [1.807, 2.05) is 6.07 Å². The first kappa shape index (κ1) is 17.3. The van der Waals surface area contributed by atoms with Gasteiger partial charge in [0.2, 0.25) is 0 Å². The zero-order valence-corrected chi connectivity index (χ0v) is 15.9. The fourth-order valence-corrected chi connectivity index (χ4v) is 3.38. The van der Waals surface area contributed by atoms with Crippen LogP contribution in [-0.2, 0) is 19.6 Å². The molecular formula is C24H24N2O. The average molecular weight is 356 g/mol. The Bertz CT molecular complexity index is 1050. The summed E-state index contributed by atoms with van der Waals surface area (Å²) in [5.74, 6) is 1.89. The molecule has 4 aromatic rings. The van der Waals surface area contributed by atoms with Gasteiger partial charge in [0.05, 0.1) is 11.0 Å². The van der Waals surface area contributed by atoms with Gasteiger partial charge in [0.25, 0.3) is 0 Å². The van der Waals surface area contributed by atoms with E-state index < -0.39 is 0 Å². The largest absolute Gasteiger partial charge is 0.485 e. The molecule has 0 spiro atoms. The Morgan fingerprint density at radius 2 is 1.67 bits per heavy atom. The molecule has 1 aromatic heterocycles. The van der Waals surface area contributed by atoms with Gasteiger partial charge in [0.15, 0.2) is 0 Å². The van der Waals surface area contributed by atoms with Gasteiger partial charge < -0.3 is 9.30 Å². The van der Waals surface area contributed by atoms with E-state index in [0.717, 1.165) is 41.1 Å². The number of fused-ring (bicyclic) bond motifs is 1. The monoisotopic (exact) mass is 356 g/mol. The van der Waals surface area contributed by atoms with Gasteiger partial charge in [0, 0.05) is 6.54 Å². The summed E-state index contributed by atoms with van der Waals surface area (Å²) in [7, 11) is 0. The van der Waals surface area contributed by atoms with Gasteiger partial charge in [-0.15, -0.1) is 0 Å². The molecule has 27 heavy (non-hydrogen) atoms. The molecule has 0 N–H and O–H groups in total. The van der Waals surface area contributed by atoms with Crippen molar-refractivity contribution in [2.24, 2.45) is 0 Å². The van der Waals surface area contributed by atoms with E-state index in [0.29, 0.717) is 6.61 Å². The molecule has 0 aliphatic heterocycles. The second-order valence-corrected chi connectivity index (χ2v) is 6.96. The van der Waals surface area contributed by atoms with Crippen LogP contribution in [0.5, 0.6) is 5.75 Å². The molecule has 0 aliphatic rings. The Morgan fingerprint density at radius 3 is 2.52 bits per heavy atom. The Labute approximate surface area is 160 Å². The lowest BCUT2D eigenvalue weighted by molar-refractivity contribution is 0.288. The van der Waals surface area contributed by atoms with E-state index in [1.165, 1.54) is 11.1 Å². The molecule has 0 amide bonds. The number of nitrogens with zero attached hydrogens (tertiary/aromatic N) is 2. The first-order valence-electron chi connectivity index (χ1n) is 9.39. The molecule has 4 rings (SSSR count). The summed E-state index contributed by atoms with van der Waals surface area (Å²) in [6.45, 7) is 5.51. The topological polar surface area (TPSA) is 27.1 Å². The maximum atomic E-state index is 6.14. The summed E-state index contributed by atoms with van der Waals surface area (Å²) in [5.41, 5.74) is 5.86. The van der Waals surface area contributed by atoms with Gasteiger partial charge in [-0.3, -0.25) is 0 Å². The standard InChI is InChI=1S/C24H24N2O/c1-18-12-13-19(2)23(16-18)27-17-24-25-21-10-6-7-11-22(21)26(24)15-14-20-8-4-3-5-9-20/h3-13,16H,14-15,17H2,1-2H3. The molecule has 0 saturated carbocycles. The van der Waals surface area contributed by atoms with Crippen LogP contribution in [-0.4, -0.2) is 9.55 Å². The zero-order chi connectivity index (χ0) is 18.6. The summed E-state index contributed by atoms with van der Waals surface area (Å²) in [6, 6.07) is 25.2. The van der Waals surface area contributed by atoms with Crippen molar-refractivity contribution in [3.05, 3.63) is 95.3 Å². The van der Waals surface area contributed by atoms with E-state index in [1.54, 1.807) is 0 Å². The van der Waals surface area contributed by atoms with Crippen molar-refractivity contribution in [3.8, 4) is 5.75 Å². The molecule has 0 atom stereocenters. The van der Waals surface area contributed by atoms with Crippen molar-refractivity contribution in [2.45, 2.75) is 33.4 Å². The fourth-order valence-electron chi connectivity index (χ4n) is 3.38. The Morgan fingerprint density at radius 1 is 0.889 bits per heavy atom. The third-order valence-corrected chi connectivity index (χ3v) is 4.90. The number of imidazole rings is 1. The third kappa shape index (κ3) is 3.87. The summed E-state index contributed by atoms with van der Waals surface area (Å²) in [6.07, 6.45) is 0.970. The van der Waals surface area contributed by atoms with E-state index >= 15 is 0 Å². The molecule has 0 unspecified atom stereocenters. The smallest absolute Gasteiger partial charge is 0.148 e. The number of aromatic nitrogens is 2. The number of aryl methyl sites for hydroxylation is 4. The number of para-hydroxylation sites is 2. The highest BCUT2D eigenvalue weighted by molar-refractivity contribution is 5.75. The second-order valence-electron chi connectivity index (χ2n) is 6.96. The lowest BCUT2D eigenvalue weighted by Crippen LogP contribution is -2.09. The van der Waals surface area contributed by atoms with Crippen molar-refractivity contribution >= 4 is 11.0 Å². The summed E-state index contributed by atoms with van der Waals surface area (Å²) in [5, 5.41) is 0. The van der Waals surface area contributed by atoms with Crippen LogP contribution >= 0.6 is 0 Å². The molecule has 0 radical (unpaired) electrons. The molecular weight excluding hydrogens is 332 g/mol. The number of ether oxygens (including phenoxy) is 1. The Hall–Kier alpha value is -3.07. The van der Waals surface area contributed by atoms with Gasteiger partial charge in [-0.2, -0.15) is 0 Å². The molecule has 1 heterocycles. The second kappa shape index (κ2) is 7.67. The lowest BCUT2D eigenvalue weighted by atomic mass is 10.1.